The number of nitrogens with one attached hydrogen (secondary N) is 2. The number of hydrogen-bond acceptors (Lipinski definition) is 7. The van der Waals surface area contributed by atoms with E-state index in [1.807, 2.05) is 12.1 Å². The Morgan fingerprint density at radius 2 is 2.11 bits per heavy atom. The number of carbonyl (C=O) groups excluding carboxylic acids is 3. The van der Waals surface area contributed by atoms with Crippen molar-refractivity contribution < 1.29 is 23.9 Å². The third kappa shape index (κ3) is 4.25. The fraction of sp³-hybridized carbons (Fsp3) is 0.240. The number of benzene rings is 2. The highest BCUT2D eigenvalue weighted by Crippen LogP contribution is 2.35. The molecule has 1 saturated heterocycles. The molecule has 2 N–H and O–H groups in total. The van der Waals surface area contributed by atoms with Gasteiger partial charge >= 0.3 is 0 Å². The fourth-order valence-corrected chi connectivity index (χ4v) is 4.23. The predicted octanol–water partition coefficient (Wildman–Crippen LogP) is 1.47. The van der Waals surface area contributed by atoms with E-state index in [4.69, 9.17) is 9.47 Å². The summed E-state index contributed by atoms with van der Waals surface area (Å²) in [6.45, 7) is 0.369. The second-order valence-electron chi connectivity index (χ2n) is 8.30. The number of hydrogen-bond donors (Lipinski definition) is 2. The lowest BCUT2D eigenvalue weighted by Gasteiger charge is -2.21. The van der Waals surface area contributed by atoms with Crippen molar-refractivity contribution in [1.82, 2.24) is 20.4 Å². The van der Waals surface area contributed by atoms with Gasteiger partial charge in [-0.2, -0.15) is 5.10 Å². The van der Waals surface area contributed by atoms with Gasteiger partial charge in [-0.3, -0.25) is 24.5 Å². The van der Waals surface area contributed by atoms with Gasteiger partial charge in [-0.25, -0.2) is 4.68 Å². The summed E-state index contributed by atoms with van der Waals surface area (Å²) < 4.78 is 12.1. The molecule has 0 aliphatic carbocycles. The van der Waals surface area contributed by atoms with Crippen LogP contribution >= 0.6 is 0 Å². The van der Waals surface area contributed by atoms with Gasteiger partial charge in [-0.15, -0.1) is 0 Å². The molecule has 3 aromatic rings. The minimum absolute atomic E-state index is 0.126. The third-order valence-electron chi connectivity index (χ3n) is 6.06. The zero-order valence-corrected chi connectivity index (χ0v) is 18.9. The van der Waals surface area contributed by atoms with Crippen LogP contribution in [0.2, 0.25) is 0 Å². The molecule has 5 rings (SSSR count). The first-order valence-corrected chi connectivity index (χ1v) is 11.1. The Labute approximate surface area is 199 Å². The van der Waals surface area contributed by atoms with Crippen molar-refractivity contribution >= 4 is 34.6 Å². The van der Waals surface area contributed by atoms with E-state index in [0.29, 0.717) is 27.8 Å². The van der Waals surface area contributed by atoms with Crippen LogP contribution in [0, 0.1) is 0 Å². The van der Waals surface area contributed by atoms with Crippen molar-refractivity contribution in [2.45, 2.75) is 25.4 Å². The van der Waals surface area contributed by atoms with E-state index < -0.39 is 17.5 Å². The smallest absolute Gasteiger partial charge is 0.275 e. The second-order valence-corrected chi connectivity index (χ2v) is 8.30. The van der Waals surface area contributed by atoms with Gasteiger partial charge in [-0.1, -0.05) is 18.2 Å². The monoisotopic (exact) mass is 474 g/mol. The zero-order valence-electron chi connectivity index (χ0n) is 18.9. The fourth-order valence-electron chi connectivity index (χ4n) is 4.23. The number of amides is 3. The summed E-state index contributed by atoms with van der Waals surface area (Å²) >= 11 is 0. The summed E-state index contributed by atoms with van der Waals surface area (Å²) in [6, 6.07) is 9.81. The molecule has 10 heteroatoms. The van der Waals surface area contributed by atoms with Crippen LogP contribution in [-0.2, 0) is 20.9 Å². The zero-order chi connectivity index (χ0) is 24.5. The summed E-state index contributed by atoms with van der Waals surface area (Å²) in [6.07, 6.45) is 3.66. The van der Waals surface area contributed by atoms with Gasteiger partial charge in [0.1, 0.15) is 12.6 Å². The molecule has 1 unspecified atom stereocenters. The molecular weight excluding hydrogens is 452 g/mol. The molecular formula is C25H22N4O6. The maximum Gasteiger partial charge on any atom is 0.275 e. The van der Waals surface area contributed by atoms with Crippen LogP contribution in [0.3, 0.4) is 0 Å². The second kappa shape index (κ2) is 9.05. The number of nitrogens with zero attached hydrogens (tertiary/aromatic N) is 2. The van der Waals surface area contributed by atoms with Gasteiger partial charge in [-0.05, 0) is 36.3 Å². The summed E-state index contributed by atoms with van der Waals surface area (Å²) in [4.78, 5) is 49.2. The number of fused-ring (bicyclic) bond motifs is 2. The number of para-hydroxylation sites is 1. The van der Waals surface area contributed by atoms with Crippen LogP contribution in [0.15, 0.2) is 53.0 Å². The van der Waals surface area contributed by atoms with Gasteiger partial charge in [0.05, 0.1) is 24.3 Å². The van der Waals surface area contributed by atoms with Crippen molar-refractivity contribution in [3.05, 3.63) is 69.6 Å². The van der Waals surface area contributed by atoms with Crippen molar-refractivity contribution in [3.63, 3.8) is 0 Å². The lowest BCUT2D eigenvalue weighted by molar-refractivity contribution is -0.136. The van der Waals surface area contributed by atoms with Crippen molar-refractivity contribution in [1.29, 1.82) is 0 Å². The molecule has 3 heterocycles. The molecule has 0 bridgehead atoms. The van der Waals surface area contributed by atoms with Gasteiger partial charge < -0.3 is 14.8 Å². The largest absolute Gasteiger partial charge is 0.493 e. The average molecular weight is 474 g/mol. The minimum atomic E-state index is -0.820. The summed E-state index contributed by atoms with van der Waals surface area (Å²) in [5, 5.41) is 10.3. The first kappa shape index (κ1) is 22.3. The van der Waals surface area contributed by atoms with Crippen LogP contribution in [0.4, 0.5) is 0 Å². The first-order valence-electron chi connectivity index (χ1n) is 11.1. The standard InChI is InChI=1S/C25H22N4O6/c1-34-20-4-2-3-15-10-17(13-35-22(15)20)23(31)26-11-14-5-6-18-16(9-14)12-27-29(25(18)33)19-7-8-21(30)28-24(19)32/h2-6,9-10,12,19H,7-8,11,13H2,1H3,(H,26,31)(H,28,30,32). The van der Waals surface area contributed by atoms with Crippen LogP contribution in [0.5, 0.6) is 11.5 Å². The molecule has 0 radical (unpaired) electrons. The quantitative estimate of drug-likeness (QED) is 0.536. The van der Waals surface area contributed by atoms with Crippen LogP contribution in [0.25, 0.3) is 16.8 Å². The molecule has 2 aliphatic heterocycles. The van der Waals surface area contributed by atoms with Crippen LogP contribution < -0.4 is 25.7 Å². The number of piperidine rings is 1. The Morgan fingerprint density at radius 3 is 2.91 bits per heavy atom. The van der Waals surface area contributed by atoms with E-state index in [-0.39, 0.29) is 37.8 Å². The van der Waals surface area contributed by atoms with E-state index in [9.17, 15) is 19.2 Å². The molecule has 178 valence electrons. The predicted molar refractivity (Wildman–Crippen MR) is 126 cm³/mol. The third-order valence-corrected chi connectivity index (χ3v) is 6.06. The normalized spacial score (nSPS) is 17.2. The van der Waals surface area contributed by atoms with E-state index in [0.717, 1.165) is 15.8 Å². The highest BCUT2D eigenvalue weighted by Gasteiger charge is 2.30. The maximum absolute atomic E-state index is 12.9. The van der Waals surface area contributed by atoms with E-state index in [1.165, 1.54) is 6.20 Å². The van der Waals surface area contributed by atoms with Crippen molar-refractivity contribution in [3.8, 4) is 11.5 Å². The van der Waals surface area contributed by atoms with Gasteiger partial charge in [0.15, 0.2) is 11.5 Å². The Bertz CT molecular complexity index is 1460. The van der Waals surface area contributed by atoms with E-state index in [2.05, 4.69) is 15.7 Å². The Morgan fingerprint density at radius 1 is 1.26 bits per heavy atom. The number of rotatable bonds is 5. The molecule has 1 atom stereocenters. The molecule has 35 heavy (non-hydrogen) atoms. The van der Waals surface area contributed by atoms with E-state index >= 15 is 0 Å². The molecule has 0 saturated carbocycles. The lowest BCUT2D eigenvalue weighted by atomic mass is 10.1. The topological polar surface area (TPSA) is 129 Å². The Hall–Kier alpha value is -4.47. The molecule has 10 nitrogen and oxygen atoms in total. The summed E-state index contributed by atoms with van der Waals surface area (Å²) in [5.41, 5.74) is 1.63. The number of methoxy groups -OCH3 is 1. The Balaban J connectivity index is 1.31. The SMILES string of the molecule is COc1cccc2c1OCC(C(=O)NCc1ccc3c(=O)n(C4CCC(=O)NC4=O)ncc3c1)=C2. The summed E-state index contributed by atoms with van der Waals surface area (Å²) in [5.74, 6) is 0.0732. The van der Waals surface area contributed by atoms with Crippen LogP contribution in [0.1, 0.15) is 30.0 Å². The number of ether oxygens (including phenoxy) is 2. The van der Waals surface area contributed by atoms with Gasteiger partial charge in [0.2, 0.25) is 5.91 Å². The molecule has 2 aromatic carbocycles. The Kier molecular flexibility index (Phi) is 5.77. The molecule has 0 spiro atoms. The molecule has 1 aromatic heterocycles. The maximum atomic E-state index is 12.9. The van der Waals surface area contributed by atoms with Gasteiger partial charge in [0.25, 0.3) is 17.4 Å². The molecule has 1 fully saturated rings. The lowest BCUT2D eigenvalue weighted by Crippen LogP contribution is -2.45. The van der Waals surface area contributed by atoms with Crippen molar-refractivity contribution in [2.24, 2.45) is 0 Å². The van der Waals surface area contributed by atoms with Gasteiger partial charge in [0, 0.05) is 23.9 Å². The minimum Gasteiger partial charge on any atom is -0.493 e. The average Bonchev–Trinajstić information content (AvgIpc) is 2.87. The first-order chi connectivity index (χ1) is 16.9. The number of imide groups is 1. The summed E-state index contributed by atoms with van der Waals surface area (Å²) in [7, 11) is 1.56. The molecule has 2 aliphatic rings. The van der Waals surface area contributed by atoms with Crippen LogP contribution in [-0.4, -0.2) is 41.2 Å². The highest BCUT2D eigenvalue weighted by atomic mass is 16.5. The molecule has 3 amide bonds. The number of aromatic nitrogens is 2. The van der Waals surface area contributed by atoms with E-state index in [1.54, 1.807) is 37.5 Å². The highest BCUT2D eigenvalue weighted by molar-refractivity contribution is 6.00. The number of carbonyl (C=O) groups is 3. The van der Waals surface area contributed by atoms with Crippen molar-refractivity contribution in [2.75, 3.05) is 13.7 Å².